The lowest BCUT2D eigenvalue weighted by Crippen LogP contribution is -2.22. The van der Waals surface area contributed by atoms with E-state index in [2.05, 4.69) is 26.6 Å². The Kier molecular flexibility index (Phi) is 6.02. The second-order valence-electron chi connectivity index (χ2n) is 4.59. The van der Waals surface area contributed by atoms with E-state index < -0.39 is 0 Å². The third-order valence-corrected chi connectivity index (χ3v) is 3.65. The van der Waals surface area contributed by atoms with Crippen molar-refractivity contribution in [1.82, 2.24) is 0 Å². The Hall–Kier alpha value is -1.36. The molecule has 0 saturated carbocycles. The number of rotatable bonds is 5. The highest BCUT2D eigenvalue weighted by molar-refractivity contribution is 9.10. The van der Waals surface area contributed by atoms with E-state index in [1.165, 1.54) is 0 Å². The third kappa shape index (κ3) is 5.03. The maximum atomic E-state index is 11.7. The first kappa shape index (κ1) is 15.7. The van der Waals surface area contributed by atoms with Gasteiger partial charge in [0.25, 0.3) is 0 Å². The van der Waals surface area contributed by atoms with E-state index in [9.17, 15) is 9.59 Å². The molecule has 0 aliphatic heterocycles. The predicted octanol–water partition coefficient (Wildman–Crippen LogP) is 3.39. The largest absolute Gasteiger partial charge is 0.326 e. The Morgan fingerprint density at radius 2 is 1.47 bits per heavy atom. The summed E-state index contributed by atoms with van der Waals surface area (Å²) < 4.78 is 0. The maximum Gasteiger partial charge on any atom is 0.238 e. The van der Waals surface area contributed by atoms with Crippen molar-refractivity contribution in [3.63, 3.8) is 0 Å². The van der Waals surface area contributed by atoms with Gasteiger partial charge in [-0.1, -0.05) is 36.7 Å². The fourth-order valence-corrected chi connectivity index (χ4v) is 1.44. The first-order valence-corrected chi connectivity index (χ1v) is 7.21. The van der Waals surface area contributed by atoms with Gasteiger partial charge in [-0.15, -0.1) is 0 Å². The molecule has 1 unspecified atom stereocenters. The monoisotopic (exact) mass is 326 g/mol. The molecule has 2 N–H and O–H groups in total. The first-order valence-electron chi connectivity index (χ1n) is 6.30. The molecule has 1 aromatic carbocycles. The van der Waals surface area contributed by atoms with Crippen LogP contribution in [0.1, 0.15) is 27.2 Å². The standard InChI is InChI=1S/C14H19BrN2O2/c1-4-12(15)14(19)17-11-7-5-10(6-8-11)16-13(18)9(2)3/h5-9,12H,4H2,1-3H3,(H,16,18)(H,17,19). The van der Waals surface area contributed by atoms with Gasteiger partial charge in [-0.3, -0.25) is 9.59 Å². The second kappa shape index (κ2) is 7.28. The fraction of sp³-hybridized carbons (Fsp3) is 0.429. The van der Waals surface area contributed by atoms with Gasteiger partial charge in [-0.05, 0) is 30.7 Å². The van der Waals surface area contributed by atoms with Crippen LogP contribution in [-0.4, -0.2) is 16.6 Å². The zero-order valence-corrected chi connectivity index (χ0v) is 13.0. The molecule has 104 valence electrons. The summed E-state index contributed by atoms with van der Waals surface area (Å²) in [6, 6.07) is 7.07. The third-order valence-electron chi connectivity index (χ3n) is 2.59. The average Bonchev–Trinajstić information content (AvgIpc) is 2.39. The van der Waals surface area contributed by atoms with Crippen molar-refractivity contribution in [2.45, 2.75) is 32.0 Å². The Bertz CT molecular complexity index is 443. The minimum absolute atomic E-state index is 0.0247. The number of carbonyl (C=O) groups is 2. The molecule has 0 radical (unpaired) electrons. The van der Waals surface area contributed by atoms with Gasteiger partial charge in [0.1, 0.15) is 0 Å². The molecule has 0 fully saturated rings. The van der Waals surface area contributed by atoms with E-state index in [0.29, 0.717) is 5.69 Å². The summed E-state index contributed by atoms with van der Waals surface area (Å²) >= 11 is 3.29. The van der Waals surface area contributed by atoms with Crippen molar-refractivity contribution < 1.29 is 9.59 Å². The van der Waals surface area contributed by atoms with Crippen molar-refractivity contribution in [3.05, 3.63) is 24.3 Å². The van der Waals surface area contributed by atoms with E-state index in [-0.39, 0.29) is 22.6 Å². The summed E-state index contributed by atoms with van der Waals surface area (Å²) in [5.74, 6) is -0.150. The number of hydrogen-bond acceptors (Lipinski definition) is 2. The van der Waals surface area contributed by atoms with Crippen LogP contribution >= 0.6 is 15.9 Å². The van der Waals surface area contributed by atoms with Crippen LogP contribution in [0.15, 0.2) is 24.3 Å². The fourth-order valence-electron chi connectivity index (χ4n) is 1.33. The summed E-state index contributed by atoms with van der Waals surface area (Å²) in [6.07, 6.45) is 0.731. The van der Waals surface area contributed by atoms with Gasteiger partial charge in [0.05, 0.1) is 4.83 Å². The summed E-state index contributed by atoms with van der Waals surface area (Å²) in [7, 11) is 0. The van der Waals surface area contributed by atoms with Crippen LogP contribution in [0, 0.1) is 5.92 Å². The molecule has 0 saturated heterocycles. The molecule has 0 heterocycles. The molecule has 4 nitrogen and oxygen atoms in total. The van der Waals surface area contributed by atoms with Crippen LogP contribution in [-0.2, 0) is 9.59 Å². The van der Waals surface area contributed by atoms with Crippen molar-refractivity contribution in [1.29, 1.82) is 0 Å². The van der Waals surface area contributed by atoms with E-state index in [0.717, 1.165) is 12.1 Å². The Morgan fingerprint density at radius 1 is 1.05 bits per heavy atom. The molecular formula is C14H19BrN2O2. The average molecular weight is 327 g/mol. The zero-order chi connectivity index (χ0) is 14.4. The van der Waals surface area contributed by atoms with E-state index in [1.54, 1.807) is 24.3 Å². The van der Waals surface area contributed by atoms with Crippen LogP contribution in [0.25, 0.3) is 0 Å². The number of nitrogens with one attached hydrogen (secondary N) is 2. The predicted molar refractivity (Wildman–Crippen MR) is 81.5 cm³/mol. The SMILES string of the molecule is CCC(Br)C(=O)Nc1ccc(NC(=O)C(C)C)cc1. The molecule has 19 heavy (non-hydrogen) atoms. The molecule has 1 atom stereocenters. The zero-order valence-electron chi connectivity index (χ0n) is 11.4. The van der Waals surface area contributed by atoms with Gasteiger partial charge in [0.2, 0.25) is 11.8 Å². The van der Waals surface area contributed by atoms with E-state index in [1.807, 2.05) is 20.8 Å². The van der Waals surface area contributed by atoms with Crippen molar-refractivity contribution in [3.8, 4) is 0 Å². The van der Waals surface area contributed by atoms with Crippen LogP contribution in [0.5, 0.6) is 0 Å². The van der Waals surface area contributed by atoms with E-state index >= 15 is 0 Å². The molecule has 1 aromatic rings. The minimum atomic E-state index is -0.187. The van der Waals surface area contributed by atoms with Gasteiger partial charge in [0.15, 0.2) is 0 Å². The highest BCUT2D eigenvalue weighted by Crippen LogP contribution is 2.16. The molecule has 1 rings (SSSR count). The van der Waals surface area contributed by atoms with Crippen LogP contribution in [0.3, 0.4) is 0 Å². The Labute approximate surface area is 122 Å². The molecule has 0 spiro atoms. The number of carbonyl (C=O) groups excluding carboxylic acids is 2. The Balaban J connectivity index is 2.62. The number of amides is 2. The lowest BCUT2D eigenvalue weighted by Gasteiger charge is -2.10. The summed E-state index contributed by atoms with van der Waals surface area (Å²) in [4.78, 5) is 23.0. The number of alkyl halides is 1. The topological polar surface area (TPSA) is 58.2 Å². The molecule has 2 amide bonds. The lowest BCUT2D eigenvalue weighted by molar-refractivity contribution is -0.119. The second-order valence-corrected chi connectivity index (χ2v) is 5.69. The van der Waals surface area contributed by atoms with E-state index in [4.69, 9.17) is 0 Å². The van der Waals surface area contributed by atoms with Crippen molar-refractivity contribution in [2.75, 3.05) is 10.6 Å². The Morgan fingerprint density at radius 3 is 1.84 bits per heavy atom. The number of anilines is 2. The molecule has 0 aromatic heterocycles. The molecule has 0 aliphatic rings. The normalized spacial score (nSPS) is 12.1. The van der Waals surface area contributed by atoms with Crippen molar-refractivity contribution in [2.24, 2.45) is 5.92 Å². The van der Waals surface area contributed by atoms with Gasteiger partial charge in [-0.25, -0.2) is 0 Å². The summed E-state index contributed by atoms with van der Waals surface area (Å²) in [5, 5.41) is 5.59. The number of halogens is 1. The molecule has 0 bridgehead atoms. The van der Waals surface area contributed by atoms with Gasteiger partial charge in [0, 0.05) is 17.3 Å². The van der Waals surface area contributed by atoms with Crippen LogP contribution in [0.4, 0.5) is 11.4 Å². The van der Waals surface area contributed by atoms with Crippen molar-refractivity contribution >= 4 is 39.1 Å². The highest BCUT2D eigenvalue weighted by atomic mass is 79.9. The number of benzene rings is 1. The molecule has 5 heteroatoms. The number of hydrogen-bond donors (Lipinski definition) is 2. The molecular weight excluding hydrogens is 308 g/mol. The van der Waals surface area contributed by atoms with Crippen LogP contribution < -0.4 is 10.6 Å². The highest BCUT2D eigenvalue weighted by Gasteiger charge is 2.12. The maximum absolute atomic E-state index is 11.7. The van der Waals surface area contributed by atoms with Gasteiger partial charge in [-0.2, -0.15) is 0 Å². The lowest BCUT2D eigenvalue weighted by atomic mass is 10.2. The summed E-state index contributed by atoms with van der Waals surface area (Å²) in [6.45, 7) is 5.61. The van der Waals surface area contributed by atoms with Gasteiger partial charge >= 0.3 is 0 Å². The summed E-state index contributed by atoms with van der Waals surface area (Å²) in [5.41, 5.74) is 1.44. The minimum Gasteiger partial charge on any atom is -0.326 e. The first-order chi connectivity index (χ1) is 8.93. The van der Waals surface area contributed by atoms with Crippen LogP contribution in [0.2, 0.25) is 0 Å². The molecule has 0 aliphatic carbocycles. The van der Waals surface area contributed by atoms with Gasteiger partial charge < -0.3 is 10.6 Å². The quantitative estimate of drug-likeness (QED) is 0.815. The smallest absolute Gasteiger partial charge is 0.238 e.